The molecule has 1 atom stereocenters. The highest BCUT2D eigenvalue weighted by atomic mass is 32.2. The van der Waals surface area contributed by atoms with Crippen LogP contribution in [0, 0.1) is 0 Å². The molecule has 2 heterocycles. The van der Waals surface area contributed by atoms with Gasteiger partial charge in [0, 0.05) is 30.3 Å². The molecule has 0 aromatic carbocycles. The Balaban J connectivity index is 1.80. The summed E-state index contributed by atoms with van der Waals surface area (Å²) in [5, 5.41) is 0. The molecule has 0 bridgehead atoms. The van der Waals surface area contributed by atoms with Crippen LogP contribution in [-0.2, 0) is 0 Å². The first-order valence-electron chi connectivity index (χ1n) is 4.66. The van der Waals surface area contributed by atoms with Crippen molar-refractivity contribution >= 4 is 23.7 Å². The minimum absolute atomic E-state index is 0.671. The van der Waals surface area contributed by atoms with E-state index in [-0.39, 0.29) is 0 Å². The van der Waals surface area contributed by atoms with Crippen molar-refractivity contribution in [2.75, 3.05) is 30.3 Å². The monoisotopic (exact) mass is 204 g/mol. The van der Waals surface area contributed by atoms with Gasteiger partial charge in [-0.2, -0.15) is 11.8 Å². The van der Waals surface area contributed by atoms with Gasteiger partial charge in [-0.15, -0.1) is 0 Å². The Morgan fingerprint density at radius 2 is 2.00 bits per heavy atom. The molecular weight excluding hydrogens is 188 g/mol. The van der Waals surface area contributed by atoms with Crippen molar-refractivity contribution in [2.45, 2.75) is 19.0 Å². The molecule has 2 aliphatic heterocycles. The second-order valence-corrected chi connectivity index (χ2v) is 5.43. The fourth-order valence-corrected chi connectivity index (χ4v) is 3.53. The third kappa shape index (κ3) is 2.31. The summed E-state index contributed by atoms with van der Waals surface area (Å²) in [7, 11) is 0. The van der Waals surface area contributed by atoms with E-state index in [1.165, 1.54) is 43.2 Å². The van der Waals surface area contributed by atoms with Crippen LogP contribution in [0.15, 0.2) is 0 Å². The summed E-state index contributed by atoms with van der Waals surface area (Å²) in [6.45, 7) is 2.56. The summed E-state index contributed by atoms with van der Waals surface area (Å²) >= 11 is 3.98. The van der Waals surface area contributed by atoms with Crippen molar-refractivity contribution in [1.82, 2.24) is 9.62 Å². The molecule has 12 heavy (non-hydrogen) atoms. The summed E-state index contributed by atoms with van der Waals surface area (Å²) in [6.07, 6.45) is 3.40. The molecule has 2 fully saturated rings. The molecular formula is C8H16N2S2. The summed E-state index contributed by atoms with van der Waals surface area (Å²) in [5.74, 6) is 3.94. The summed E-state index contributed by atoms with van der Waals surface area (Å²) < 4.78 is 3.52. The quantitative estimate of drug-likeness (QED) is 0.649. The molecule has 2 saturated heterocycles. The van der Waals surface area contributed by atoms with Gasteiger partial charge in [0.15, 0.2) is 0 Å². The third-order valence-corrected chi connectivity index (χ3v) is 4.30. The molecule has 0 aromatic heterocycles. The topological polar surface area (TPSA) is 15.3 Å². The highest BCUT2D eigenvalue weighted by Crippen LogP contribution is 2.19. The molecule has 4 heteroatoms. The Kier molecular flexibility index (Phi) is 3.63. The van der Waals surface area contributed by atoms with Crippen LogP contribution >= 0.6 is 23.7 Å². The maximum Gasteiger partial charge on any atom is 0.0692 e. The second-order valence-electron chi connectivity index (χ2n) is 3.27. The molecule has 0 aliphatic carbocycles. The zero-order valence-electron chi connectivity index (χ0n) is 7.29. The largest absolute Gasteiger partial charge is 0.286 e. The third-order valence-electron chi connectivity index (χ3n) is 2.43. The molecule has 1 unspecified atom stereocenters. The zero-order chi connectivity index (χ0) is 8.23. The fraction of sp³-hybridized carbons (Fsp3) is 1.00. The minimum Gasteiger partial charge on any atom is -0.286 e. The van der Waals surface area contributed by atoms with Gasteiger partial charge in [0.1, 0.15) is 0 Å². The second kappa shape index (κ2) is 4.74. The zero-order valence-corrected chi connectivity index (χ0v) is 8.92. The van der Waals surface area contributed by atoms with Gasteiger partial charge in [-0.3, -0.25) is 4.90 Å². The number of thioether (sulfide) groups is 1. The van der Waals surface area contributed by atoms with Crippen LogP contribution in [0.5, 0.6) is 0 Å². The van der Waals surface area contributed by atoms with Crippen LogP contribution in [-0.4, -0.2) is 41.4 Å². The van der Waals surface area contributed by atoms with E-state index in [1.54, 1.807) is 0 Å². The standard InChI is InChI=1S/C8H16N2S2/c1-2-8(9-12-5-1)10-3-6-11-7-4-10/h8-9H,1-7H2. The Labute approximate surface area is 83.0 Å². The van der Waals surface area contributed by atoms with Crippen LogP contribution in [0.25, 0.3) is 0 Å². The SMILES string of the molecule is C1CSNC(N2CCSCC2)C1. The molecule has 2 aliphatic rings. The van der Waals surface area contributed by atoms with E-state index >= 15 is 0 Å². The van der Waals surface area contributed by atoms with Crippen LogP contribution < -0.4 is 4.72 Å². The van der Waals surface area contributed by atoms with Crippen molar-refractivity contribution in [3.05, 3.63) is 0 Å². The summed E-state index contributed by atoms with van der Waals surface area (Å²) in [6, 6.07) is 0. The highest BCUT2D eigenvalue weighted by Gasteiger charge is 2.22. The van der Waals surface area contributed by atoms with Gasteiger partial charge in [-0.05, 0) is 12.8 Å². The van der Waals surface area contributed by atoms with Gasteiger partial charge in [0.2, 0.25) is 0 Å². The van der Waals surface area contributed by atoms with Crippen LogP contribution in [0.3, 0.4) is 0 Å². The number of hydrogen-bond donors (Lipinski definition) is 1. The molecule has 0 spiro atoms. The molecule has 1 N–H and O–H groups in total. The average Bonchev–Trinajstić information content (AvgIpc) is 2.21. The minimum atomic E-state index is 0.671. The normalized spacial score (nSPS) is 33.5. The first-order valence-corrected chi connectivity index (χ1v) is 6.80. The molecule has 0 radical (unpaired) electrons. The lowest BCUT2D eigenvalue weighted by Crippen LogP contribution is -2.48. The molecule has 70 valence electrons. The number of nitrogens with one attached hydrogen (secondary N) is 1. The molecule has 0 amide bonds. The van der Waals surface area contributed by atoms with E-state index in [1.807, 2.05) is 11.9 Å². The predicted octanol–water partition coefficient (Wildman–Crippen LogP) is 1.39. The number of nitrogens with zero attached hydrogens (tertiary/aromatic N) is 1. The van der Waals surface area contributed by atoms with Crippen molar-refractivity contribution in [2.24, 2.45) is 0 Å². The Bertz CT molecular complexity index is 115. The Morgan fingerprint density at radius 1 is 1.17 bits per heavy atom. The average molecular weight is 204 g/mol. The van der Waals surface area contributed by atoms with Crippen LogP contribution in [0.4, 0.5) is 0 Å². The smallest absolute Gasteiger partial charge is 0.0692 e. The molecule has 2 nitrogen and oxygen atoms in total. The first kappa shape index (κ1) is 9.19. The molecule has 0 aromatic rings. The first-order chi connectivity index (χ1) is 5.97. The predicted molar refractivity (Wildman–Crippen MR) is 57.5 cm³/mol. The Morgan fingerprint density at radius 3 is 2.67 bits per heavy atom. The maximum absolute atomic E-state index is 3.52. The number of rotatable bonds is 1. The molecule has 0 saturated carbocycles. The van der Waals surface area contributed by atoms with E-state index in [0.717, 1.165) is 0 Å². The lowest BCUT2D eigenvalue weighted by atomic mass is 10.2. The highest BCUT2D eigenvalue weighted by molar-refractivity contribution is 7.99. The van der Waals surface area contributed by atoms with Crippen LogP contribution in [0.1, 0.15) is 12.8 Å². The number of hydrogen-bond acceptors (Lipinski definition) is 4. The lowest BCUT2D eigenvalue weighted by molar-refractivity contribution is 0.193. The summed E-state index contributed by atoms with van der Waals surface area (Å²) in [4.78, 5) is 2.60. The van der Waals surface area contributed by atoms with Gasteiger partial charge in [-0.25, -0.2) is 4.72 Å². The van der Waals surface area contributed by atoms with E-state index in [2.05, 4.69) is 21.4 Å². The Hall–Kier alpha value is 0.620. The van der Waals surface area contributed by atoms with Crippen molar-refractivity contribution in [3.63, 3.8) is 0 Å². The fourth-order valence-electron chi connectivity index (χ4n) is 1.71. The lowest BCUT2D eigenvalue weighted by Gasteiger charge is -2.36. The van der Waals surface area contributed by atoms with Gasteiger partial charge < -0.3 is 0 Å². The van der Waals surface area contributed by atoms with Crippen LogP contribution in [0.2, 0.25) is 0 Å². The van der Waals surface area contributed by atoms with Gasteiger partial charge in [-0.1, -0.05) is 11.9 Å². The maximum atomic E-state index is 3.52. The van der Waals surface area contributed by atoms with E-state index in [0.29, 0.717) is 6.17 Å². The van der Waals surface area contributed by atoms with E-state index < -0.39 is 0 Å². The molecule has 2 rings (SSSR count). The van der Waals surface area contributed by atoms with Gasteiger partial charge in [0.25, 0.3) is 0 Å². The van der Waals surface area contributed by atoms with E-state index in [4.69, 9.17) is 0 Å². The van der Waals surface area contributed by atoms with E-state index in [9.17, 15) is 0 Å². The van der Waals surface area contributed by atoms with Gasteiger partial charge >= 0.3 is 0 Å². The van der Waals surface area contributed by atoms with Crippen molar-refractivity contribution in [1.29, 1.82) is 0 Å². The van der Waals surface area contributed by atoms with Gasteiger partial charge in [0.05, 0.1) is 6.17 Å². The van der Waals surface area contributed by atoms with Crippen molar-refractivity contribution < 1.29 is 0 Å². The van der Waals surface area contributed by atoms with Crippen molar-refractivity contribution in [3.8, 4) is 0 Å². The summed E-state index contributed by atoms with van der Waals surface area (Å²) in [5.41, 5.74) is 0.